The number of ketones is 1. The summed E-state index contributed by atoms with van der Waals surface area (Å²) in [6.07, 6.45) is 1.45. The highest BCUT2D eigenvalue weighted by molar-refractivity contribution is 8.05. The van der Waals surface area contributed by atoms with Crippen molar-refractivity contribution in [3.63, 3.8) is 0 Å². The number of aliphatic hydroxyl groups is 1. The van der Waals surface area contributed by atoms with E-state index in [1.54, 1.807) is 30.5 Å². The van der Waals surface area contributed by atoms with Gasteiger partial charge in [-0.15, -0.1) is 0 Å². The standard InChI is InChI=1S/C14H18N2O3S/c1-10(2)19-16-8-12(9-17)20-14(16,15)13(18)11-6-4-3-5-7-11/h3-8,10,17H,9,15H2,1-2H3. The maximum absolute atomic E-state index is 12.6. The van der Waals surface area contributed by atoms with E-state index in [1.165, 1.54) is 5.06 Å². The van der Waals surface area contributed by atoms with Crippen molar-refractivity contribution >= 4 is 17.5 Å². The first-order valence-corrected chi connectivity index (χ1v) is 7.14. The van der Waals surface area contributed by atoms with Gasteiger partial charge in [-0.2, -0.15) is 0 Å². The van der Waals surface area contributed by atoms with E-state index in [-0.39, 0.29) is 18.5 Å². The van der Waals surface area contributed by atoms with Gasteiger partial charge in [0.05, 0.1) is 12.7 Å². The minimum absolute atomic E-state index is 0.128. The van der Waals surface area contributed by atoms with Gasteiger partial charge in [-0.1, -0.05) is 42.1 Å². The molecule has 20 heavy (non-hydrogen) atoms. The van der Waals surface area contributed by atoms with Gasteiger partial charge in [0.15, 0.2) is 0 Å². The van der Waals surface area contributed by atoms with Crippen LogP contribution in [0, 0.1) is 0 Å². The number of carbonyl (C=O) groups is 1. The van der Waals surface area contributed by atoms with Crippen LogP contribution in [-0.2, 0) is 4.84 Å². The Labute approximate surface area is 122 Å². The third-order valence-corrected chi connectivity index (χ3v) is 3.89. The molecule has 0 amide bonds. The lowest BCUT2D eigenvalue weighted by Crippen LogP contribution is -2.55. The van der Waals surface area contributed by atoms with E-state index in [0.717, 1.165) is 11.8 Å². The second-order valence-corrected chi connectivity index (χ2v) is 6.08. The molecular weight excluding hydrogens is 276 g/mol. The first kappa shape index (κ1) is 15.1. The number of benzene rings is 1. The van der Waals surface area contributed by atoms with Gasteiger partial charge in [-0.3, -0.25) is 15.4 Å². The quantitative estimate of drug-likeness (QED) is 0.805. The molecule has 0 bridgehead atoms. The van der Waals surface area contributed by atoms with Crippen molar-refractivity contribution in [2.75, 3.05) is 6.61 Å². The predicted octanol–water partition coefficient (Wildman–Crippen LogP) is 1.70. The lowest BCUT2D eigenvalue weighted by molar-refractivity contribution is -0.173. The zero-order valence-corrected chi connectivity index (χ0v) is 12.3. The van der Waals surface area contributed by atoms with Gasteiger partial charge in [0.1, 0.15) is 0 Å². The molecule has 1 heterocycles. The molecule has 0 saturated heterocycles. The average Bonchev–Trinajstić information content (AvgIpc) is 2.76. The monoisotopic (exact) mass is 294 g/mol. The lowest BCUT2D eigenvalue weighted by Gasteiger charge is -2.33. The Morgan fingerprint density at radius 2 is 2.10 bits per heavy atom. The molecule has 5 nitrogen and oxygen atoms in total. The molecule has 2 rings (SSSR count). The number of rotatable bonds is 5. The van der Waals surface area contributed by atoms with E-state index < -0.39 is 4.99 Å². The summed E-state index contributed by atoms with van der Waals surface area (Å²) in [5, 5.41) is 10.6. The van der Waals surface area contributed by atoms with E-state index in [2.05, 4.69) is 0 Å². The molecule has 108 valence electrons. The van der Waals surface area contributed by atoms with Gasteiger partial charge in [-0.05, 0) is 13.8 Å². The minimum atomic E-state index is -1.39. The molecule has 0 spiro atoms. The molecular formula is C14H18N2O3S. The molecule has 1 aliphatic rings. The summed E-state index contributed by atoms with van der Waals surface area (Å²) >= 11 is 1.11. The molecule has 0 fully saturated rings. The van der Waals surface area contributed by atoms with Crippen molar-refractivity contribution in [1.82, 2.24) is 5.06 Å². The van der Waals surface area contributed by atoms with Crippen LogP contribution in [-0.4, -0.2) is 33.7 Å². The highest BCUT2D eigenvalue weighted by atomic mass is 32.2. The van der Waals surface area contributed by atoms with Gasteiger partial charge in [0.2, 0.25) is 10.8 Å². The van der Waals surface area contributed by atoms with Gasteiger partial charge in [0.25, 0.3) is 0 Å². The number of aliphatic hydroxyl groups excluding tert-OH is 1. The van der Waals surface area contributed by atoms with E-state index in [4.69, 9.17) is 10.6 Å². The molecule has 0 radical (unpaired) electrons. The highest BCUT2D eigenvalue weighted by Gasteiger charge is 2.46. The SMILES string of the molecule is CC(C)ON1C=C(CO)SC1(N)C(=O)c1ccccc1. The Kier molecular flexibility index (Phi) is 4.49. The summed E-state index contributed by atoms with van der Waals surface area (Å²) in [6.45, 7) is 3.52. The Morgan fingerprint density at radius 3 is 2.65 bits per heavy atom. The van der Waals surface area contributed by atoms with Crippen molar-refractivity contribution in [2.24, 2.45) is 5.73 Å². The fourth-order valence-corrected chi connectivity index (χ4v) is 2.86. The number of thioether (sulfide) groups is 1. The fourth-order valence-electron chi connectivity index (χ4n) is 1.85. The van der Waals surface area contributed by atoms with Crippen molar-refractivity contribution in [3.8, 4) is 0 Å². The number of nitrogens with zero attached hydrogens (tertiary/aromatic N) is 1. The Bertz CT molecular complexity index is 518. The maximum Gasteiger partial charge on any atom is 0.229 e. The van der Waals surface area contributed by atoms with E-state index in [1.807, 2.05) is 19.9 Å². The molecule has 0 aromatic heterocycles. The first-order chi connectivity index (χ1) is 9.47. The lowest BCUT2D eigenvalue weighted by atomic mass is 10.1. The van der Waals surface area contributed by atoms with Crippen LogP contribution < -0.4 is 5.73 Å². The van der Waals surface area contributed by atoms with Crippen LogP contribution in [0.3, 0.4) is 0 Å². The summed E-state index contributed by atoms with van der Waals surface area (Å²) in [7, 11) is 0. The molecule has 0 saturated carbocycles. The highest BCUT2D eigenvalue weighted by Crippen LogP contribution is 2.40. The van der Waals surface area contributed by atoms with Crippen LogP contribution in [0.25, 0.3) is 0 Å². The number of hydrogen-bond donors (Lipinski definition) is 2. The van der Waals surface area contributed by atoms with Crippen LogP contribution in [0.4, 0.5) is 0 Å². The largest absolute Gasteiger partial charge is 0.391 e. The smallest absolute Gasteiger partial charge is 0.229 e. The van der Waals surface area contributed by atoms with Crippen molar-refractivity contribution in [3.05, 3.63) is 47.0 Å². The molecule has 6 heteroatoms. The average molecular weight is 294 g/mol. The summed E-state index contributed by atoms with van der Waals surface area (Å²) in [4.78, 5) is 17.4. The normalized spacial score (nSPS) is 22.2. The van der Waals surface area contributed by atoms with Crippen LogP contribution in [0.2, 0.25) is 0 Å². The van der Waals surface area contributed by atoms with Gasteiger partial charge >= 0.3 is 0 Å². The molecule has 0 aliphatic carbocycles. The summed E-state index contributed by atoms with van der Waals surface area (Å²) in [6, 6.07) is 8.82. The first-order valence-electron chi connectivity index (χ1n) is 6.32. The van der Waals surface area contributed by atoms with Crippen LogP contribution in [0.5, 0.6) is 0 Å². The number of nitrogens with two attached hydrogens (primary N) is 1. The van der Waals surface area contributed by atoms with Crippen LogP contribution in [0.1, 0.15) is 24.2 Å². The Balaban J connectivity index is 2.30. The summed E-state index contributed by atoms with van der Waals surface area (Å²) in [5.74, 6) is -0.261. The Hall–Kier alpha value is -1.34. The topological polar surface area (TPSA) is 75.8 Å². The van der Waals surface area contributed by atoms with Gasteiger partial charge in [-0.25, -0.2) is 5.06 Å². The summed E-state index contributed by atoms with van der Waals surface area (Å²) < 4.78 is 0. The number of hydrogen-bond acceptors (Lipinski definition) is 6. The number of carbonyl (C=O) groups excluding carboxylic acids is 1. The zero-order chi connectivity index (χ0) is 14.8. The second-order valence-electron chi connectivity index (χ2n) is 4.73. The predicted molar refractivity (Wildman–Crippen MR) is 78.5 cm³/mol. The maximum atomic E-state index is 12.6. The Morgan fingerprint density at radius 1 is 1.45 bits per heavy atom. The molecule has 1 aromatic carbocycles. The minimum Gasteiger partial charge on any atom is -0.391 e. The van der Waals surface area contributed by atoms with Crippen molar-refractivity contribution in [2.45, 2.75) is 24.9 Å². The van der Waals surface area contributed by atoms with E-state index in [0.29, 0.717) is 10.5 Å². The van der Waals surface area contributed by atoms with E-state index >= 15 is 0 Å². The van der Waals surface area contributed by atoms with Crippen LogP contribution in [0.15, 0.2) is 41.4 Å². The fraction of sp³-hybridized carbons (Fsp3) is 0.357. The molecule has 1 unspecified atom stereocenters. The third-order valence-electron chi connectivity index (χ3n) is 2.72. The van der Waals surface area contributed by atoms with Crippen LogP contribution >= 0.6 is 11.8 Å². The molecule has 1 aliphatic heterocycles. The van der Waals surface area contributed by atoms with Crippen molar-refractivity contribution in [1.29, 1.82) is 0 Å². The van der Waals surface area contributed by atoms with E-state index in [9.17, 15) is 9.90 Å². The summed E-state index contributed by atoms with van der Waals surface area (Å²) in [5.41, 5.74) is 6.75. The molecule has 1 atom stereocenters. The zero-order valence-electron chi connectivity index (χ0n) is 11.4. The number of Topliss-reactive ketones (excluding diaryl/α,β-unsaturated/α-hetero) is 1. The molecule has 3 N–H and O–H groups in total. The second kappa shape index (κ2) is 5.97. The third kappa shape index (κ3) is 2.88. The van der Waals surface area contributed by atoms with Gasteiger partial charge < -0.3 is 5.11 Å². The number of hydroxylamine groups is 2. The van der Waals surface area contributed by atoms with Crippen molar-refractivity contribution < 1.29 is 14.7 Å². The van der Waals surface area contributed by atoms with Gasteiger partial charge in [0, 0.05) is 16.7 Å². The molecule has 1 aromatic rings.